The molecule has 9 heteroatoms. The second-order valence-electron chi connectivity index (χ2n) is 5.65. The number of nitrogens with zero attached hydrogens (tertiary/aromatic N) is 2. The van der Waals surface area contributed by atoms with Crippen molar-refractivity contribution in [2.75, 3.05) is 7.05 Å². The number of hydrogen-bond acceptors (Lipinski definition) is 6. The van der Waals surface area contributed by atoms with E-state index in [1.807, 2.05) is 0 Å². The summed E-state index contributed by atoms with van der Waals surface area (Å²) in [7, 11) is 1.59. The molecule has 1 aromatic carbocycles. The van der Waals surface area contributed by atoms with Crippen LogP contribution in [0.5, 0.6) is 5.75 Å². The zero-order valence-electron chi connectivity index (χ0n) is 14.0. The van der Waals surface area contributed by atoms with Crippen LogP contribution in [-0.4, -0.2) is 27.9 Å². The average Bonchev–Trinajstić information content (AvgIpc) is 3.13. The lowest BCUT2D eigenvalue weighted by Crippen LogP contribution is -2.25. The fraction of sp³-hybridized carbons (Fsp3) is 0.176. The standard InChI is InChI=1S/C17H15N3O5S/c1-10-7-11(5-6-15(10)20(22)23)24-9-13-4-3-12(25-13)8-14-16(21)19(2)17(26)18-14/h3-8H,9H2,1-2H3,(H,18,26)/b14-8+. The first-order valence-corrected chi connectivity index (χ1v) is 8.03. The average molecular weight is 373 g/mol. The Hall–Kier alpha value is -3.20. The number of furan rings is 1. The van der Waals surface area contributed by atoms with E-state index in [4.69, 9.17) is 21.4 Å². The second kappa shape index (κ2) is 6.96. The second-order valence-corrected chi connectivity index (χ2v) is 6.04. The number of carbonyl (C=O) groups is 1. The van der Waals surface area contributed by atoms with Crippen LogP contribution in [0, 0.1) is 17.0 Å². The van der Waals surface area contributed by atoms with Gasteiger partial charge in [0.15, 0.2) is 5.11 Å². The van der Waals surface area contributed by atoms with Crippen molar-refractivity contribution in [3.05, 3.63) is 63.2 Å². The van der Waals surface area contributed by atoms with E-state index in [1.165, 1.54) is 17.0 Å². The number of amides is 1. The number of hydrogen-bond donors (Lipinski definition) is 1. The Morgan fingerprint density at radius 3 is 2.77 bits per heavy atom. The zero-order valence-corrected chi connectivity index (χ0v) is 14.8. The Labute approximate surface area is 154 Å². The molecule has 0 radical (unpaired) electrons. The highest BCUT2D eigenvalue weighted by molar-refractivity contribution is 7.80. The molecule has 1 saturated heterocycles. The quantitative estimate of drug-likeness (QED) is 0.372. The maximum absolute atomic E-state index is 11.9. The van der Waals surface area contributed by atoms with Crippen molar-refractivity contribution in [1.82, 2.24) is 10.2 Å². The smallest absolute Gasteiger partial charge is 0.276 e. The van der Waals surface area contributed by atoms with Crippen molar-refractivity contribution in [2.24, 2.45) is 0 Å². The van der Waals surface area contributed by atoms with Gasteiger partial charge >= 0.3 is 0 Å². The van der Waals surface area contributed by atoms with Crippen LogP contribution in [-0.2, 0) is 11.4 Å². The summed E-state index contributed by atoms with van der Waals surface area (Å²) in [5.41, 5.74) is 0.898. The summed E-state index contributed by atoms with van der Waals surface area (Å²) < 4.78 is 11.2. The van der Waals surface area contributed by atoms with Gasteiger partial charge in [-0.2, -0.15) is 0 Å². The van der Waals surface area contributed by atoms with Gasteiger partial charge in [0.2, 0.25) is 0 Å². The summed E-state index contributed by atoms with van der Waals surface area (Å²) in [5.74, 6) is 1.31. The number of nitro benzene ring substituents is 1. The first kappa shape index (κ1) is 17.6. The van der Waals surface area contributed by atoms with Crippen LogP contribution in [0.15, 0.2) is 40.4 Å². The van der Waals surface area contributed by atoms with Gasteiger partial charge in [-0.3, -0.25) is 19.8 Å². The van der Waals surface area contributed by atoms with Gasteiger partial charge in [-0.05, 0) is 43.4 Å². The monoisotopic (exact) mass is 373 g/mol. The molecule has 3 rings (SSSR count). The Morgan fingerprint density at radius 2 is 2.15 bits per heavy atom. The third kappa shape index (κ3) is 3.57. The van der Waals surface area contributed by atoms with Gasteiger partial charge in [-0.1, -0.05) is 0 Å². The molecule has 1 aromatic heterocycles. The Balaban J connectivity index is 1.66. The highest BCUT2D eigenvalue weighted by atomic mass is 32.1. The minimum Gasteiger partial charge on any atom is -0.486 e. The number of nitrogens with one attached hydrogen (secondary N) is 1. The topological polar surface area (TPSA) is 97.8 Å². The lowest BCUT2D eigenvalue weighted by Gasteiger charge is -2.05. The minimum absolute atomic E-state index is 0.0425. The van der Waals surface area contributed by atoms with Gasteiger partial charge in [-0.25, -0.2) is 0 Å². The normalized spacial score (nSPS) is 15.5. The van der Waals surface area contributed by atoms with Gasteiger partial charge in [0, 0.05) is 24.8 Å². The molecule has 134 valence electrons. The number of nitro groups is 1. The number of rotatable bonds is 5. The van der Waals surface area contributed by atoms with Crippen LogP contribution in [0.4, 0.5) is 5.69 Å². The van der Waals surface area contributed by atoms with Gasteiger partial charge in [0.25, 0.3) is 11.6 Å². The molecule has 2 heterocycles. The van der Waals surface area contributed by atoms with Gasteiger partial charge < -0.3 is 14.5 Å². The van der Waals surface area contributed by atoms with Gasteiger partial charge in [-0.15, -0.1) is 0 Å². The highest BCUT2D eigenvalue weighted by Crippen LogP contribution is 2.24. The number of thiocarbonyl (C=S) groups is 1. The molecular formula is C17H15N3O5S. The van der Waals surface area contributed by atoms with E-state index in [-0.39, 0.29) is 18.2 Å². The van der Waals surface area contributed by atoms with Crippen LogP contribution < -0.4 is 10.1 Å². The van der Waals surface area contributed by atoms with E-state index in [9.17, 15) is 14.9 Å². The lowest BCUT2D eigenvalue weighted by atomic mass is 10.2. The van der Waals surface area contributed by atoms with E-state index >= 15 is 0 Å². The van der Waals surface area contributed by atoms with E-state index in [2.05, 4.69) is 5.32 Å². The molecule has 0 spiro atoms. The molecule has 0 saturated carbocycles. The van der Waals surface area contributed by atoms with Crippen molar-refractivity contribution >= 4 is 35.0 Å². The summed E-state index contributed by atoms with van der Waals surface area (Å²) in [6.07, 6.45) is 1.57. The highest BCUT2D eigenvalue weighted by Gasteiger charge is 2.27. The summed E-state index contributed by atoms with van der Waals surface area (Å²) >= 11 is 5.01. The van der Waals surface area contributed by atoms with E-state index in [1.54, 1.807) is 38.2 Å². The summed E-state index contributed by atoms with van der Waals surface area (Å²) in [6, 6.07) is 7.98. The summed E-state index contributed by atoms with van der Waals surface area (Å²) in [5, 5.41) is 14.0. The molecule has 1 N–H and O–H groups in total. The van der Waals surface area contributed by atoms with Crippen molar-refractivity contribution in [2.45, 2.75) is 13.5 Å². The number of benzene rings is 1. The van der Waals surface area contributed by atoms with Gasteiger partial charge in [0.1, 0.15) is 29.6 Å². The number of ether oxygens (including phenoxy) is 1. The number of likely N-dealkylation sites (N-methyl/N-ethyl adjacent to an activating group) is 1. The Kier molecular flexibility index (Phi) is 4.72. The van der Waals surface area contributed by atoms with Crippen molar-refractivity contribution < 1.29 is 18.9 Å². The first-order valence-electron chi connectivity index (χ1n) is 7.62. The predicted molar refractivity (Wildman–Crippen MR) is 97.4 cm³/mol. The zero-order chi connectivity index (χ0) is 18.8. The molecule has 0 atom stereocenters. The molecule has 8 nitrogen and oxygen atoms in total. The predicted octanol–water partition coefficient (Wildman–Crippen LogP) is 2.76. The fourth-order valence-electron chi connectivity index (χ4n) is 2.39. The first-order chi connectivity index (χ1) is 12.3. The number of aryl methyl sites for hydroxylation is 1. The molecule has 1 aliphatic heterocycles. The molecule has 1 amide bonds. The van der Waals surface area contributed by atoms with Crippen molar-refractivity contribution in [3.8, 4) is 5.75 Å². The molecule has 1 aliphatic rings. The van der Waals surface area contributed by atoms with E-state index in [0.717, 1.165) is 0 Å². The molecule has 0 aliphatic carbocycles. The third-order valence-electron chi connectivity index (χ3n) is 3.80. The van der Waals surface area contributed by atoms with E-state index in [0.29, 0.717) is 33.6 Å². The molecular weight excluding hydrogens is 358 g/mol. The van der Waals surface area contributed by atoms with Crippen LogP contribution >= 0.6 is 12.2 Å². The van der Waals surface area contributed by atoms with Crippen molar-refractivity contribution in [3.63, 3.8) is 0 Å². The minimum atomic E-state index is -0.438. The number of carbonyl (C=O) groups excluding carboxylic acids is 1. The van der Waals surface area contributed by atoms with Crippen LogP contribution in [0.1, 0.15) is 17.1 Å². The maximum Gasteiger partial charge on any atom is 0.276 e. The molecule has 2 aromatic rings. The largest absolute Gasteiger partial charge is 0.486 e. The Bertz CT molecular complexity index is 934. The molecule has 0 unspecified atom stereocenters. The van der Waals surface area contributed by atoms with Crippen LogP contribution in [0.2, 0.25) is 0 Å². The van der Waals surface area contributed by atoms with Crippen LogP contribution in [0.25, 0.3) is 6.08 Å². The van der Waals surface area contributed by atoms with Gasteiger partial charge in [0.05, 0.1) is 4.92 Å². The third-order valence-corrected chi connectivity index (χ3v) is 4.17. The van der Waals surface area contributed by atoms with Crippen LogP contribution in [0.3, 0.4) is 0 Å². The van der Waals surface area contributed by atoms with E-state index < -0.39 is 4.92 Å². The molecule has 0 bridgehead atoms. The fourth-order valence-corrected chi connectivity index (χ4v) is 2.59. The summed E-state index contributed by atoms with van der Waals surface area (Å²) in [6.45, 7) is 1.80. The van der Waals surface area contributed by atoms with Crippen molar-refractivity contribution in [1.29, 1.82) is 0 Å². The molecule has 1 fully saturated rings. The Morgan fingerprint density at radius 1 is 1.38 bits per heavy atom. The lowest BCUT2D eigenvalue weighted by molar-refractivity contribution is -0.385. The summed E-state index contributed by atoms with van der Waals surface area (Å²) in [4.78, 5) is 23.7. The molecule has 26 heavy (non-hydrogen) atoms. The SMILES string of the molecule is Cc1cc(OCc2ccc(/C=C3/NC(=S)N(C)C3=O)o2)ccc1[N+](=O)[O-]. The maximum atomic E-state index is 11.9.